The van der Waals surface area contributed by atoms with Gasteiger partial charge >= 0.3 is 0 Å². The lowest BCUT2D eigenvalue weighted by Crippen LogP contribution is -2.57. The van der Waals surface area contributed by atoms with E-state index in [9.17, 15) is 38.7 Å². The molecule has 4 aromatic rings. The number of phenolic OH excluding ortho intramolecular Hbond substituents is 1. The van der Waals surface area contributed by atoms with Crippen LogP contribution in [0.25, 0.3) is 10.9 Å². The third-order valence-corrected chi connectivity index (χ3v) is 12.7. The molecule has 6 atom stereocenters. The zero-order valence-electron chi connectivity index (χ0n) is 41.1. The molecule has 390 valence electrons. The van der Waals surface area contributed by atoms with Gasteiger partial charge < -0.3 is 69.4 Å². The van der Waals surface area contributed by atoms with Crippen molar-refractivity contribution >= 4 is 58.0 Å². The number of nitrogens with two attached hydrogens (primary N) is 4. The number of hydrogen-bond acceptors (Lipinski definition) is 14. The molecule has 24 nitrogen and oxygen atoms in total. The number of aliphatic imine (C=N–C) groups is 1. The average molecular weight is 999 g/mol. The lowest BCUT2D eigenvalue weighted by Gasteiger charge is -2.38. The van der Waals surface area contributed by atoms with Crippen molar-refractivity contribution in [2.45, 2.75) is 102 Å². The molecule has 72 heavy (non-hydrogen) atoms. The van der Waals surface area contributed by atoms with E-state index in [2.05, 4.69) is 46.5 Å². The van der Waals surface area contributed by atoms with Crippen molar-refractivity contribution in [3.63, 3.8) is 0 Å². The predicted octanol–water partition coefficient (Wildman–Crippen LogP) is -1.80. The van der Waals surface area contributed by atoms with Crippen LogP contribution in [0.1, 0.15) is 63.6 Å². The summed E-state index contributed by atoms with van der Waals surface area (Å²) in [5.74, 6) is -3.40. The number of likely N-dealkylation sites (N-methyl/N-ethyl adjacent to an activating group) is 1. The molecule has 5 rings (SSSR count). The van der Waals surface area contributed by atoms with E-state index in [1.165, 1.54) is 38.0 Å². The van der Waals surface area contributed by atoms with Crippen LogP contribution in [0.5, 0.6) is 5.75 Å². The Morgan fingerprint density at radius 1 is 0.833 bits per heavy atom. The number of piperazine rings is 1. The van der Waals surface area contributed by atoms with Gasteiger partial charge in [-0.2, -0.15) is 0 Å². The number of phenols is 1. The number of aromatic nitrogens is 4. The standard InChI is InChI=1S/C48H70N16O8/c1-4-29(2)41(50)45(70)59-37(8-5-6-16-49)47(72)63-20-18-62(19-21-63)32-12-15-35-34(24-32)46(71)64(28-57-35)26-40(66)58-36(9-7-17-55-48(51)52)43(68)61-39(23-31-25-54-27-56-31)44(69)60-38(42(67)53-3)22-30-10-13-33(65)14-11-30/h10-15,24-25,27-29,36-39,41,65H,4-9,16-23,26,49-50H2,1-3H3,(H,53,67)(H,54,56)(H,58,66)(H,59,70)(H,60,69)(H,61,68)(H4,51,52,55)/t29-,36-,37-,38-,39-,41-/m0/s1. The van der Waals surface area contributed by atoms with Gasteiger partial charge in [0, 0.05) is 70.2 Å². The Labute approximate surface area is 417 Å². The first kappa shape index (κ1) is 55.3. The van der Waals surface area contributed by atoms with Crippen molar-refractivity contribution in [3.05, 3.63) is 82.9 Å². The van der Waals surface area contributed by atoms with Crippen molar-refractivity contribution in [2.75, 3.05) is 51.2 Å². The molecule has 3 heterocycles. The van der Waals surface area contributed by atoms with Crippen LogP contribution in [-0.4, -0.2) is 147 Å². The number of guanidine groups is 1. The van der Waals surface area contributed by atoms with Crippen LogP contribution in [0.3, 0.4) is 0 Å². The second-order valence-electron chi connectivity index (χ2n) is 17.9. The second kappa shape index (κ2) is 27.1. The zero-order chi connectivity index (χ0) is 52.3. The average Bonchev–Trinajstić information content (AvgIpc) is 3.90. The smallest absolute Gasteiger partial charge is 0.261 e. The Kier molecular flexibility index (Phi) is 20.8. The van der Waals surface area contributed by atoms with Gasteiger partial charge in [0.25, 0.3) is 5.56 Å². The number of nitrogens with zero attached hydrogens (tertiary/aromatic N) is 6. The van der Waals surface area contributed by atoms with E-state index < -0.39 is 65.9 Å². The SMILES string of the molecule is CC[C@H](C)[C@H](N)C(=O)N[C@@H](CCCCN)C(=O)N1CCN(c2ccc3ncn(CC(=O)N[C@@H](CCCN=C(N)N)C(=O)N[C@@H](Cc4cnc[nH]4)C(=O)N[C@@H](Cc4ccc(O)cc4)C(=O)NC)c(=O)c3c2)CC1. The van der Waals surface area contributed by atoms with Gasteiger partial charge in [-0.1, -0.05) is 32.4 Å². The highest BCUT2D eigenvalue weighted by molar-refractivity contribution is 5.95. The lowest BCUT2D eigenvalue weighted by atomic mass is 9.98. The summed E-state index contributed by atoms with van der Waals surface area (Å²) >= 11 is 0. The number of benzene rings is 2. The number of amides is 6. The molecule has 2 aromatic carbocycles. The molecule has 0 radical (unpaired) electrons. The molecule has 0 aliphatic carbocycles. The van der Waals surface area contributed by atoms with E-state index in [4.69, 9.17) is 22.9 Å². The summed E-state index contributed by atoms with van der Waals surface area (Å²) in [6.45, 7) is 5.53. The number of hydrogen-bond donors (Lipinski definition) is 11. The lowest BCUT2D eigenvalue weighted by molar-refractivity contribution is -0.137. The Morgan fingerprint density at radius 3 is 2.14 bits per heavy atom. The third kappa shape index (κ3) is 16.0. The minimum atomic E-state index is -1.26. The Bertz CT molecular complexity index is 2540. The fourth-order valence-electron chi connectivity index (χ4n) is 8.18. The topological polar surface area (TPSA) is 369 Å². The highest BCUT2D eigenvalue weighted by Gasteiger charge is 2.33. The number of aromatic hydroxyl groups is 1. The summed E-state index contributed by atoms with van der Waals surface area (Å²) in [7, 11) is 1.42. The van der Waals surface area contributed by atoms with Crippen LogP contribution in [-0.2, 0) is 48.2 Å². The van der Waals surface area contributed by atoms with Gasteiger partial charge in [0.15, 0.2) is 5.96 Å². The molecule has 1 aliphatic rings. The van der Waals surface area contributed by atoms with Crippen molar-refractivity contribution < 1.29 is 33.9 Å². The molecular weight excluding hydrogens is 929 g/mol. The summed E-state index contributed by atoms with van der Waals surface area (Å²) in [6, 6.07) is 6.32. The van der Waals surface area contributed by atoms with E-state index in [0.717, 1.165) is 11.0 Å². The number of fused-ring (bicyclic) bond motifs is 1. The maximum atomic E-state index is 14.1. The molecule has 15 N–H and O–H groups in total. The largest absolute Gasteiger partial charge is 0.508 e. The fraction of sp³-hybridized carbons (Fsp3) is 0.500. The number of carbonyl (C=O) groups is 6. The number of imidazole rings is 1. The number of nitrogens with one attached hydrogen (secondary N) is 6. The molecule has 2 aromatic heterocycles. The maximum Gasteiger partial charge on any atom is 0.261 e. The van der Waals surface area contributed by atoms with Gasteiger partial charge in [0.1, 0.15) is 36.5 Å². The maximum absolute atomic E-state index is 14.1. The summed E-state index contributed by atoms with van der Waals surface area (Å²) in [6.07, 6.45) is 6.92. The molecule has 0 spiro atoms. The number of aromatic amines is 1. The Morgan fingerprint density at radius 2 is 1.50 bits per heavy atom. The molecule has 0 saturated carbocycles. The monoisotopic (exact) mass is 999 g/mol. The van der Waals surface area contributed by atoms with Gasteiger partial charge in [0.05, 0.1) is 29.6 Å². The van der Waals surface area contributed by atoms with Gasteiger partial charge in [-0.25, -0.2) is 9.97 Å². The Hall–Kier alpha value is -7.60. The number of anilines is 1. The first-order valence-corrected chi connectivity index (χ1v) is 24.2. The van der Waals surface area contributed by atoms with Crippen LogP contribution in [0, 0.1) is 5.92 Å². The third-order valence-electron chi connectivity index (χ3n) is 12.7. The van der Waals surface area contributed by atoms with E-state index in [1.807, 2.05) is 24.8 Å². The predicted molar refractivity (Wildman–Crippen MR) is 271 cm³/mol. The van der Waals surface area contributed by atoms with Crippen LogP contribution >= 0.6 is 0 Å². The van der Waals surface area contributed by atoms with Crippen LogP contribution < -0.4 is 60.0 Å². The van der Waals surface area contributed by atoms with Crippen molar-refractivity contribution in [1.29, 1.82) is 0 Å². The van der Waals surface area contributed by atoms with Crippen molar-refractivity contribution in [2.24, 2.45) is 33.8 Å². The molecular formula is C48H70N16O8. The quantitative estimate of drug-likeness (QED) is 0.0188. The summed E-state index contributed by atoms with van der Waals surface area (Å²) in [5, 5.41) is 23.6. The van der Waals surface area contributed by atoms with Crippen LogP contribution in [0.15, 0.2) is 71.1 Å². The summed E-state index contributed by atoms with van der Waals surface area (Å²) in [4.78, 5) is 115. The number of unbranched alkanes of at least 4 members (excludes halogenated alkanes) is 1. The summed E-state index contributed by atoms with van der Waals surface area (Å²) < 4.78 is 1.13. The second-order valence-corrected chi connectivity index (χ2v) is 17.9. The van der Waals surface area contributed by atoms with Crippen molar-refractivity contribution in [3.8, 4) is 5.75 Å². The molecule has 0 unspecified atom stereocenters. The normalized spacial score (nSPS) is 15.0. The first-order valence-electron chi connectivity index (χ1n) is 24.2. The molecule has 1 fully saturated rings. The molecule has 1 saturated heterocycles. The molecule has 6 amide bonds. The van der Waals surface area contributed by atoms with Gasteiger partial charge in [-0.05, 0) is 80.5 Å². The minimum absolute atomic E-state index is 0.0253. The minimum Gasteiger partial charge on any atom is -0.508 e. The summed E-state index contributed by atoms with van der Waals surface area (Å²) in [5.41, 5.74) is 24.7. The van der Waals surface area contributed by atoms with Gasteiger partial charge in [-0.15, -0.1) is 0 Å². The number of carbonyl (C=O) groups excluding carboxylic acids is 6. The fourth-order valence-corrected chi connectivity index (χ4v) is 8.18. The Balaban J connectivity index is 1.28. The van der Waals surface area contributed by atoms with E-state index in [1.54, 1.807) is 29.2 Å². The molecule has 1 aliphatic heterocycles. The van der Waals surface area contributed by atoms with Gasteiger partial charge in [0.2, 0.25) is 35.4 Å². The highest BCUT2D eigenvalue weighted by atomic mass is 16.3. The highest BCUT2D eigenvalue weighted by Crippen LogP contribution is 2.22. The zero-order valence-corrected chi connectivity index (χ0v) is 41.1. The first-order chi connectivity index (χ1) is 34.5. The van der Waals surface area contributed by atoms with E-state index in [-0.39, 0.29) is 67.1 Å². The molecule has 0 bridgehead atoms. The van der Waals surface area contributed by atoms with E-state index >= 15 is 0 Å². The van der Waals surface area contributed by atoms with E-state index in [0.29, 0.717) is 74.4 Å². The molecule has 24 heteroatoms. The van der Waals surface area contributed by atoms with Crippen LogP contribution in [0.4, 0.5) is 5.69 Å². The number of rotatable bonds is 26. The number of H-pyrrole nitrogens is 1. The van der Waals surface area contributed by atoms with Crippen LogP contribution in [0.2, 0.25) is 0 Å². The van der Waals surface area contributed by atoms with Gasteiger partial charge in [-0.3, -0.25) is 43.1 Å². The van der Waals surface area contributed by atoms with Crippen molar-refractivity contribution in [1.82, 2.24) is 51.0 Å².